The molecule has 0 aliphatic heterocycles. The number of hydrogen-bond acceptors (Lipinski definition) is 6. The molecule has 6 heteroatoms. The van der Waals surface area contributed by atoms with Gasteiger partial charge in [-0.2, -0.15) is 0 Å². The number of anilines is 1. The molecule has 0 saturated carbocycles. The average molecular weight is 359 g/mol. The van der Waals surface area contributed by atoms with Gasteiger partial charge in [0.15, 0.2) is 17.3 Å². The maximum atomic E-state index is 12.3. The quantitative estimate of drug-likeness (QED) is 0.689. The van der Waals surface area contributed by atoms with Gasteiger partial charge in [-0.05, 0) is 37.5 Å². The van der Waals surface area contributed by atoms with Crippen molar-refractivity contribution in [2.45, 2.75) is 33.1 Å². The number of methoxy groups -OCH3 is 2. The molecule has 0 aliphatic carbocycles. The normalized spacial score (nSPS) is 10.5. The zero-order chi connectivity index (χ0) is 19.1. The lowest BCUT2D eigenvalue weighted by atomic mass is 10.1. The van der Waals surface area contributed by atoms with Gasteiger partial charge in [0, 0.05) is 19.0 Å². The summed E-state index contributed by atoms with van der Waals surface area (Å²) in [5.74, 6) is 1.61. The average Bonchev–Trinajstić information content (AvgIpc) is 2.61. The molecule has 0 bridgehead atoms. The Balaban J connectivity index is 2.14. The summed E-state index contributed by atoms with van der Waals surface area (Å²) in [4.78, 5) is 24.4. The second kappa shape index (κ2) is 9.08. The van der Waals surface area contributed by atoms with Crippen LogP contribution in [0.5, 0.6) is 11.5 Å². The summed E-state index contributed by atoms with van der Waals surface area (Å²) in [6, 6.07) is 7.41. The van der Waals surface area contributed by atoms with Gasteiger partial charge in [0.2, 0.25) is 0 Å². The van der Waals surface area contributed by atoms with E-state index in [-0.39, 0.29) is 11.3 Å². The third kappa shape index (κ3) is 4.65. The van der Waals surface area contributed by atoms with E-state index in [1.165, 1.54) is 0 Å². The summed E-state index contributed by atoms with van der Waals surface area (Å²) in [6.45, 7) is 4.15. The Labute approximate surface area is 153 Å². The number of nitrogens with one attached hydrogen (secondary N) is 1. The minimum absolute atomic E-state index is 0.102. The summed E-state index contributed by atoms with van der Waals surface area (Å²) < 4.78 is 15.6. The first-order valence-corrected chi connectivity index (χ1v) is 8.62. The smallest absolute Gasteiger partial charge is 0.348 e. The molecule has 1 aromatic heterocycles. The number of carbonyl (C=O) groups excluding carboxylic acids is 1. The van der Waals surface area contributed by atoms with E-state index in [0.29, 0.717) is 48.8 Å². The molecule has 0 spiro atoms. The lowest BCUT2D eigenvalue weighted by Crippen LogP contribution is -2.19. The SMILES string of the molecule is CCCC(=O)c1c(NCCc2ccc(OC)c(OC)c2)cc(C)oc1=O. The lowest BCUT2D eigenvalue weighted by molar-refractivity contribution is 0.0978. The molecule has 6 nitrogen and oxygen atoms in total. The Bertz CT molecular complexity index is 825. The van der Waals surface area contributed by atoms with Crippen molar-refractivity contribution in [2.75, 3.05) is 26.1 Å². The van der Waals surface area contributed by atoms with Crippen LogP contribution in [0.15, 0.2) is 33.5 Å². The van der Waals surface area contributed by atoms with Crippen molar-refractivity contribution in [1.82, 2.24) is 0 Å². The van der Waals surface area contributed by atoms with E-state index in [1.807, 2.05) is 25.1 Å². The Morgan fingerprint density at radius 1 is 1.15 bits per heavy atom. The van der Waals surface area contributed by atoms with Crippen LogP contribution in [0.4, 0.5) is 5.69 Å². The number of Topliss-reactive ketones (excluding diaryl/α,β-unsaturated/α-hetero) is 1. The van der Waals surface area contributed by atoms with Crippen LogP contribution in [-0.2, 0) is 6.42 Å². The van der Waals surface area contributed by atoms with Crippen LogP contribution in [-0.4, -0.2) is 26.5 Å². The molecule has 2 rings (SSSR count). The number of ether oxygens (including phenoxy) is 2. The zero-order valence-corrected chi connectivity index (χ0v) is 15.7. The largest absolute Gasteiger partial charge is 0.493 e. The molecule has 0 saturated heterocycles. The van der Waals surface area contributed by atoms with E-state index in [9.17, 15) is 9.59 Å². The van der Waals surface area contributed by atoms with Gasteiger partial charge in [0.25, 0.3) is 0 Å². The predicted molar refractivity (Wildman–Crippen MR) is 101 cm³/mol. The predicted octanol–water partition coefficient (Wildman–Crippen LogP) is 3.60. The van der Waals surface area contributed by atoms with Crippen molar-refractivity contribution >= 4 is 11.5 Å². The van der Waals surface area contributed by atoms with Gasteiger partial charge < -0.3 is 19.2 Å². The molecular weight excluding hydrogens is 334 g/mol. The number of aryl methyl sites for hydroxylation is 1. The fourth-order valence-corrected chi connectivity index (χ4v) is 2.75. The van der Waals surface area contributed by atoms with Crippen LogP contribution in [0.25, 0.3) is 0 Å². The molecule has 0 amide bonds. The molecule has 0 unspecified atom stereocenters. The fraction of sp³-hybridized carbons (Fsp3) is 0.400. The molecule has 2 aromatic rings. The van der Waals surface area contributed by atoms with Crippen molar-refractivity contribution in [2.24, 2.45) is 0 Å². The number of hydrogen-bond donors (Lipinski definition) is 1. The topological polar surface area (TPSA) is 77.8 Å². The van der Waals surface area contributed by atoms with Crippen molar-refractivity contribution in [3.05, 3.63) is 51.6 Å². The van der Waals surface area contributed by atoms with Gasteiger partial charge in [-0.3, -0.25) is 4.79 Å². The molecular formula is C20H25NO5. The summed E-state index contributed by atoms with van der Waals surface area (Å²) in [5.41, 5.74) is 1.09. The van der Waals surface area contributed by atoms with Crippen LogP contribution in [0, 0.1) is 6.92 Å². The van der Waals surface area contributed by atoms with Crippen molar-refractivity contribution < 1.29 is 18.7 Å². The standard InChI is InChI=1S/C20H25NO5/c1-5-6-16(22)19-15(11-13(2)26-20(19)23)21-10-9-14-7-8-17(24-3)18(12-14)25-4/h7-8,11-12,21H,5-6,9-10H2,1-4H3. The van der Waals surface area contributed by atoms with Gasteiger partial charge in [-0.15, -0.1) is 0 Å². The molecule has 0 radical (unpaired) electrons. The Morgan fingerprint density at radius 2 is 1.88 bits per heavy atom. The van der Waals surface area contributed by atoms with E-state index >= 15 is 0 Å². The third-order valence-corrected chi connectivity index (χ3v) is 4.01. The molecule has 0 atom stereocenters. The van der Waals surface area contributed by atoms with Crippen LogP contribution in [0.1, 0.15) is 41.4 Å². The maximum Gasteiger partial charge on any atom is 0.348 e. The van der Waals surface area contributed by atoms with Gasteiger partial charge in [0.1, 0.15) is 11.3 Å². The first kappa shape index (κ1) is 19.6. The minimum atomic E-state index is -0.586. The second-order valence-electron chi connectivity index (χ2n) is 5.97. The van der Waals surface area contributed by atoms with Gasteiger partial charge in [-0.25, -0.2) is 4.79 Å². The Morgan fingerprint density at radius 3 is 2.54 bits per heavy atom. The molecule has 26 heavy (non-hydrogen) atoms. The van der Waals surface area contributed by atoms with Gasteiger partial charge in [0.05, 0.1) is 19.9 Å². The number of benzene rings is 1. The number of ketones is 1. The lowest BCUT2D eigenvalue weighted by Gasteiger charge is -2.12. The van der Waals surface area contributed by atoms with E-state index in [4.69, 9.17) is 13.9 Å². The maximum absolute atomic E-state index is 12.3. The molecule has 0 aliphatic rings. The summed E-state index contributed by atoms with van der Waals surface area (Å²) in [5, 5.41) is 3.20. The first-order chi connectivity index (χ1) is 12.5. The highest BCUT2D eigenvalue weighted by molar-refractivity contribution is 6.00. The zero-order valence-electron chi connectivity index (χ0n) is 15.7. The van der Waals surface area contributed by atoms with E-state index in [1.54, 1.807) is 27.2 Å². The molecule has 140 valence electrons. The highest BCUT2D eigenvalue weighted by atomic mass is 16.5. The second-order valence-corrected chi connectivity index (χ2v) is 5.97. The van der Waals surface area contributed by atoms with Crippen LogP contribution in [0.2, 0.25) is 0 Å². The van der Waals surface area contributed by atoms with Crippen molar-refractivity contribution in [3.8, 4) is 11.5 Å². The van der Waals surface area contributed by atoms with Gasteiger partial charge in [-0.1, -0.05) is 13.0 Å². The minimum Gasteiger partial charge on any atom is -0.493 e. The highest BCUT2D eigenvalue weighted by Crippen LogP contribution is 2.27. The molecule has 0 fully saturated rings. The summed E-state index contributed by atoms with van der Waals surface area (Å²) >= 11 is 0. The van der Waals surface area contributed by atoms with Crippen LogP contribution in [0.3, 0.4) is 0 Å². The Kier molecular flexibility index (Phi) is 6.83. The summed E-state index contributed by atoms with van der Waals surface area (Å²) in [6.07, 6.45) is 1.69. The fourth-order valence-electron chi connectivity index (χ4n) is 2.75. The Hall–Kier alpha value is -2.76. The summed E-state index contributed by atoms with van der Waals surface area (Å²) in [7, 11) is 3.19. The van der Waals surface area contributed by atoms with E-state index < -0.39 is 5.63 Å². The molecule has 1 N–H and O–H groups in total. The van der Waals surface area contributed by atoms with E-state index in [2.05, 4.69) is 5.32 Å². The highest BCUT2D eigenvalue weighted by Gasteiger charge is 2.17. The first-order valence-electron chi connectivity index (χ1n) is 8.62. The van der Waals surface area contributed by atoms with Crippen molar-refractivity contribution in [3.63, 3.8) is 0 Å². The molecule has 1 aromatic carbocycles. The van der Waals surface area contributed by atoms with Gasteiger partial charge >= 0.3 is 5.63 Å². The third-order valence-electron chi connectivity index (χ3n) is 4.01. The number of rotatable bonds is 9. The van der Waals surface area contributed by atoms with Crippen LogP contribution < -0.4 is 20.4 Å². The molecule has 1 heterocycles. The number of carbonyl (C=O) groups is 1. The van der Waals surface area contributed by atoms with Crippen LogP contribution >= 0.6 is 0 Å². The monoisotopic (exact) mass is 359 g/mol. The van der Waals surface area contributed by atoms with E-state index in [0.717, 1.165) is 5.56 Å². The van der Waals surface area contributed by atoms with Crippen molar-refractivity contribution in [1.29, 1.82) is 0 Å².